The molecule has 1 amide bonds. The van der Waals surface area contributed by atoms with Crippen molar-refractivity contribution < 1.29 is 9.90 Å². The summed E-state index contributed by atoms with van der Waals surface area (Å²) in [6.45, 7) is 0.271. The van der Waals surface area contributed by atoms with E-state index >= 15 is 0 Å². The second-order valence-electron chi connectivity index (χ2n) is 5.76. The van der Waals surface area contributed by atoms with Gasteiger partial charge in [-0.3, -0.25) is 9.89 Å². The average molecular weight is 263 g/mol. The zero-order chi connectivity index (χ0) is 13.2. The summed E-state index contributed by atoms with van der Waals surface area (Å²) < 4.78 is 0. The number of hydrogen-bond donors (Lipinski definition) is 3. The molecule has 0 atom stereocenters. The second kappa shape index (κ2) is 5.33. The van der Waals surface area contributed by atoms with Crippen molar-refractivity contribution in [2.45, 2.75) is 51.0 Å². The third kappa shape index (κ3) is 2.52. The van der Waals surface area contributed by atoms with Crippen LogP contribution in [-0.4, -0.2) is 33.9 Å². The molecule has 0 saturated heterocycles. The summed E-state index contributed by atoms with van der Waals surface area (Å²) in [6.07, 6.45) is 7.02. The van der Waals surface area contributed by atoms with E-state index in [0.29, 0.717) is 11.6 Å². The quantitative estimate of drug-likeness (QED) is 0.766. The number of nitrogens with zero attached hydrogens (tertiary/aromatic N) is 1. The first-order valence-corrected chi connectivity index (χ1v) is 7.25. The predicted octanol–water partition coefficient (Wildman–Crippen LogP) is 1.18. The Hall–Kier alpha value is -1.36. The number of amides is 1. The van der Waals surface area contributed by atoms with E-state index in [4.69, 9.17) is 5.11 Å². The number of aromatic nitrogens is 2. The van der Waals surface area contributed by atoms with Crippen LogP contribution in [0.1, 0.15) is 53.8 Å². The number of aryl methyl sites for hydroxylation is 1. The van der Waals surface area contributed by atoms with Gasteiger partial charge < -0.3 is 10.4 Å². The molecule has 3 N–H and O–H groups in total. The Labute approximate surface area is 112 Å². The molecular formula is C14H21N3O2. The van der Waals surface area contributed by atoms with E-state index in [1.54, 1.807) is 0 Å². The van der Waals surface area contributed by atoms with Gasteiger partial charge in [0.2, 0.25) is 0 Å². The average Bonchev–Trinajstić information content (AvgIpc) is 3.01. The van der Waals surface area contributed by atoms with Crippen molar-refractivity contribution in [2.24, 2.45) is 5.92 Å². The van der Waals surface area contributed by atoms with Crippen molar-refractivity contribution in [1.29, 1.82) is 0 Å². The fraction of sp³-hybridized carbons (Fsp3) is 0.714. The lowest BCUT2D eigenvalue weighted by molar-refractivity contribution is 0.0908. The van der Waals surface area contributed by atoms with Crippen LogP contribution in [-0.2, 0) is 12.8 Å². The van der Waals surface area contributed by atoms with Crippen LogP contribution >= 0.6 is 0 Å². The molecule has 0 aliphatic heterocycles. The van der Waals surface area contributed by atoms with Crippen LogP contribution < -0.4 is 5.32 Å². The molecule has 0 unspecified atom stereocenters. The Morgan fingerprint density at radius 2 is 2.11 bits per heavy atom. The maximum absolute atomic E-state index is 12.2. The van der Waals surface area contributed by atoms with Gasteiger partial charge in [-0.2, -0.15) is 5.10 Å². The van der Waals surface area contributed by atoms with E-state index in [1.165, 1.54) is 0 Å². The molecule has 0 aromatic carbocycles. The standard InChI is InChI=1S/C14H21N3O2/c18-8-9-4-6-10(7-5-9)15-14(19)13-11-2-1-3-12(11)16-17-13/h9-10,18H,1-8H2,(H,15,19)(H,16,17). The number of carbonyl (C=O) groups excluding carboxylic acids is 1. The molecule has 0 bridgehead atoms. The maximum Gasteiger partial charge on any atom is 0.272 e. The number of nitrogens with one attached hydrogen (secondary N) is 2. The van der Waals surface area contributed by atoms with Crippen molar-refractivity contribution >= 4 is 5.91 Å². The minimum absolute atomic E-state index is 0.0353. The highest BCUT2D eigenvalue weighted by Crippen LogP contribution is 2.25. The van der Waals surface area contributed by atoms with Gasteiger partial charge in [0.05, 0.1) is 0 Å². The fourth-order valence-electron chi connectivity index (χ4n) is 3.25. The molecule has 0 radical (unpaired) electrons. The van der Waals surface area contributed by atoms with Crippen molar-refractivity contribution in [3.63, 3.8) is 0 Å². The molecule has 1 saturated carbocycles. The number of hydrogen-bond acceptors (Lipinski definition) is 3. The van der Waals surface area contributed by atoms with Gasteiger partial charge in [-0.15, -0.1) is 0 Å². The topological polar surface area (TPSA) is 78.0 Å². The van der Waals surface area contributed by atoms with Crippen LogP contribution in [0.25, 0.3) is 0 Å². The highest BCUT2D eigenvalue weighted by atomic mass is 16.3. The first-order chi connectivity index (χ1) is 9.28. The smallest absolute Gasteiger partial charge is 0.272 e. The summed E-state index contributed by atoms with van der Waals surface area (Å²) in [7, 11) is 0. The minimum atomic E-state index is -0.0353. The van der Waals surface area contributed by atoms with Gasteiger partial charge in [0.15, 0.2) is 5.69 Å². The first-order valence-electron chi connectivity index (χ1n) is 7.25. The lowest BCUT2D eigenvalue weighted by Crippen LogP contribution is -2.38. The van der Waals surface area contributed by atoms with E-state index in [0.717, 1.165) is 56.2 Å². The van der Waals surface area contributed by atoms with E-state index in [1.807, 2.05) is 0 Å². The Morgan fingerprint density at radius 3 is 2.84 bits per heavy atom. The Bertz CT molecular complexity index is 461. The fourth-order valence-corrected chi connectivity index (χ4v) is 3.25. The molecule has 104 valence electrons. The maximum atomic E-state index is 12.2. The van der Waals surface area contributed by atoms with Crippen LogP contribution in [0.15, 0.2) is 0 Å². The van der Waals surface area contributed by atoms with Crippen LogP contribution in [0.2, 0.25) is 0 Å². The summed E-state index contributed by atoms with van der Waals surface area (Å²) in [5.74, 6) is 0.384. The van der Waals surface area contributed by atoms with Gasteiger partial charge in [-0.25, -0.2) is 0 Å². The van der Waals surface area contributed by atoms with Gasteiger partial charge in [0, 0.05) is 23.9 Å². The predicted molar refractivity (Wildman–Crippen MR) is 70.9 cm³/mol. The third-order valence-corrected chi connectivity index (χ3v) is 4.46. The van der Waals surface area contributed by atoms with Gasteiger partial charge in [0.25, 0.3) is 5.91 Å². The number of aromatic amines is 1. The molecule has 1 heterocycles. The third-order valence-electron chi connectivity index (χ3n) is 4.46. The highest BCUT2D eigenvalue weighted by molar-refractivity contribution is 5.94. The van der Waals surface area contributed by atoms with Crippen molar-refractivity contribution in [3.8, 4) is 0 Å². The summed E-state index contributed by atoms with van der Waals surface area (Å²) >= 11 is 0. The highest BCUT2D eigenvalue weighted by Gasteiger charge is 2.26. The van der Waals surface area contributed by atoms with Crippen LogP contribution in [0, 0.1) is 5.92 Å². The van der Waals surface area contributed by atoms with E-state index in [-0.39, 0.29) is 18.6 Å². The number of carbonyl (C=O) groups is 1. The number of aliphatic hydroxyl groups is 1. The molecule has 5 heteroatoms. The van der Waals surface area contributed by atoms with Crippen molar-refractivity contribution in [1.82, 2.24) is 15.5 Å². The molecule has 1 fully saturated rings. The largest absolute Gasteiger partial charge is 0.396 e. The lowest BCUT2D eigenvalue weighted by atomic mass is 9.86. The van der Waals surface area contributed by atoms with Crippen LogP contribution in [0.5, 0.6) is 0 Å². The number of H-pyrrole nitrogens is 1. The van der Waals surface area contributed by atoms with E-state index < -0.39 is 0 Å². The summed E-state index contributed by atoms with van der Waals surface area (Å²) in [6, 6.07) is 0.240. The van der Waals surface area contributed by atoms with Gasteiger partial charge in [-0.1, -0.05) is 0 Å². The van der Waals surface area contributed by atoms with Crippen molar-refractivity contribution in [2.75, 3.05) is 6.61 Å². The van der Waals surface area contributed by atoms with Gasteiger partial charge >= 0.3 is 0 Å². The Kier molecular flexibility index (Phi) is 3.55. The SMILES string of the molecule is O=C(NC1CCC(CO)CC1)c1n[nH]c2c1CCC2. The Morgan fingerprint density at radius 1 is 1.32 bits per heavy atom. The molecule has 3 rings (SSSR count). The molecule has 19 heavy (non-hydrogen) atoms. The van der Waals surface area contributed by atoms with Crippen LogP contribution in [0.3, 0.4) is 0 Å². The summed E-state index contributed by atoms with van der Waals surface area (Å²) in [5, 5.41) is 19.3. The van der Waals surface area contributed by atoms with Crippen molar-refractivity contribution in [3.05, 3.63) is 17.0 Å². The molecule has 0 spiro atoms. The number of rotatable bonds is 3. The number of aliphatic hydroxyl groups excluding tert-OH is 1. The van der Waals surface area contributed by atoms with Gasteiger partial charge in [-0.05, 0) is 50.9 Å². The molecule has 5 nitrogen and oxygen atoms in total. The summed E-state index contributed by atoms with van der Waals surface area (Å²) in [5.41, 5.74) is 2.84. The zero-order valence-electron chi connectivity index (χ0n) is 11.1. The molecule has 2 aliphatic rings. The molecule has 1 aromatic rings. The zero-order valence-corrected chi connectivity index (χ0v) is 11.1. The second-order valence-corrected chi connectivity index (χ2v) is 5.76. The lowest BCUT2D eigenvalue weighted by Gasteiger charge is -2.27. The van der Waals surface area contributed by atoms with Gasteiger partial charge in [0.1, 0.15) is 0 Å². The van der Waals surface area contributed by atoms with E-state index in [9.17, 15) is 4.79 Å². The summed E-state index contributed by atoms with van der Waals surface area (Å²) in [4.78, 5) is 12.2. The Balaban J connectivity index is 1.59. The minimum Gasteiger partial charge on any atom is -0.396 e. The monoisotopic (exact) mass is 263 g/mol. The molecule has 2 aliphatic carbocycles. The normalized spacial score (nSPS) is 26.2. The number of fused-ring (bicyclic) bond motifs is 1. The van der Waals surface area contributed by atoms with E-state index in [2.05, 4.69) is 15.5 Å². The first kappa shape index (κ1) is 12.7. The molecular weight excluding hydrogens is 242 g/mol. The molecule has 1 aromatic heterocycles. The van der Waals surface area contributed by atoms with Crippen LogP contribution in [0.4, 0.5) is 0 Å².